The SMILES string of the molecule is CCC1C(=O)N(C)c2cnc(Nc3ccc(C(=O)NC4CCNC(C)C4CCl)cc3OC)nc2N1C1CCCC1. The molecule has 1 aliphatic carbocycles. The van der Waals surface area contributed by atoms with Crippen molar-refractivity contribution >= 4 is 46.6 Å². The minimum absolute atomic E-state index is 0.00807. The summed E-state index contributed by atoms with van der Waals surface area (Å²) in [6.07, 6.45) is 7.68. The number of ether oxygens (including phenoxy) is 1. The second-order valence-corrected chi connectivity index (χ2v) is 11.3. The van der Waals surface area contributed by atoms with Gasteiger partial charge in [0.1, 0.15) is 17.5 Å². The lowest BCUT2D eigenvalue weighted by molar-refractivity contribution is -0.120. The Morgan fingerprint density at radius 3 is 2.73 bits per heavy atom. The van der Waals surface area contributed by atoms with E-state index in [9.17, 15) is 9.59 Å². The number of amides is 2. The number of nitrogens with zero attached hydrogens (tertiary/aromatic N) is 4. The summed E-state index contributed by atoms with van der Waals surface area (Å²) in [5, 5.41) is 9.87. The van der Waals surface area contributed by atoms with E-state index in [1.165, 1.54) is 0 Å². The maximum atomic E-state index is 13.2. The molecule has 1 saturated carbocycles. The molecule has 2 amide bonds. The predicted octanol–water partition coefficient (Wildman–Crippen LogP) is 4.07. The standard InChI is InChI=1S/C29H40ClN7O3/c1-5-23-28(39)36(3)24-16-32-29(35-26(24)37(23)19-8-6-7-9-19)34-22-11-10-18(14-25(22)40-4)27(38)33-21-12-13-31-17(2)20(21)15-30/h10-11,14,16-17,19-21,23,31H,5-9,12-13,15H2,1-4H3,(H,33,38)(H,32,34,35). The second-order valence-electron chi connectivity index (χ2n) is 11.0. The van der Waals surface area contributed by atoms with Gasteiger partial charge in [0.15, 0.2) is 5.82 Å². The van der Waals surface area contributed by atoms with E-state index in [0.717, 1.165) is 44.5 Å². The number of hydrogen-bond donors (Lipinski definition) is 3. The molecule has 3 N–H and O–H groups in total. The average Bonchev–Trinajstić information content (AvgIpc) is 3.49. The quantitative estimate of drug-likeness (QED) is 0.408. The van der Waals surface area contributed by atoms with Crippen molar-refractivity contribution in [2.45, 2.75) is 76.5 Å². The first kappa shape index (κ1) is 28.4. The van der Waals surface area contributed by atoms with Gasteiger partial charge < -0.3 is 30.5 Å². The molecule has 4 unspecified atom stereocenters. The lowest BCUT2D eigenvalue weighted by Crippen LogP contribution is -2.55. The highest BCUT2D eigenvalue weighted by Crippen LogP contribution is 2.40. The van der Waals surface area contributed by atoms with Gasteiger partial charge in [-0.2, -0.15) is 4.98 Å². The number of likely N-dealkylation sites (N-methyl/N-ethyl adjacent to an activating group) is 1. The smallest absolute Gasteiger partial charge is 0.251 e. The molecular weight excluding hydrogens is 530 g/mol. The summed E-state index contributed by atoms with van der Waals surface area (Å²) in [4.78, 5) is 39.6. The molecule has 0 bridgehead atoms. The molecule has 2 fully saturated rings. The fraction of sp³-hybridized carbons (Fsp3) is 0.586. The van der Waals surface area contributed by atoms with Gasteiger partial charge in [-0.3, -0.25) is 9.59 Å². The maximum absolute atomic E-state index is 13.2. The van der Waals surface area contributed by atoms with Gasteiger partial charge in [0.25, 0.3) is 5.91 Å². The number of piperidine rings is 1. The molecule has 1 aromatic heterocycles. The Morgan fingerprint density at radius 2 is 2.02 bits per heavy atom. The molecule has 1 aromatic carbocycles. The Labute approximate surface area is 241 Å². The fourth-order valence-corrected chi connectivity index (χ4v) is 6.83. The number of methoxy groups -OCH3 is 1. The third kappa shape index (κ3) is 5.43. The molecule has 2 aromatic rings. The van der Waals surface area contributed by atoms with Crippen LogP contribution in [0.4, 0.5) is 23.1 Å². The van der Waals surface area contributed by atoms with E-state index in [0.29, 0.717) is 40.9 Å². The van der Waals surface area contributed by atoms with Crippen LogP contribution in [-0.2, 0) is 4.79 Å². The maximum Gasteiger partial charge on any atom is 0.251 e. The van der Waals surface area contributed by atoms with Gasteiger partial charge in [-0.15, -0.1) is 11.6 Å². The summed E-state index contributed by atoms with van der Waals surface area (Å²) in [6.45, 7) is 4.99. The van der Waals surface area contributed by atoms with Crippen LogP contribution >= 0.6 is 11.6 Å². The van der Waals surface area contributed by atoms with Crippen molar-refractivity contribution < 1.29 is 14.3 Å². The second kappa shape index (κ2) is 12.2. The summed E-state index contributed by atoms with van der Waals surface area (Å²) in [6, 6.07) is 5.59. The molecule has 2 aliphatic heterocycles. The lowest BCUT2D eigenvalue weighted by atomic mass is 9.88. The molecule has 3 aliphatic rings. The van der Waals surface area contributed by atoms with Gasteiger partial charge in [0, 0.05) is 42.5 Å². The van der Waals surface area contributed by atoms with E-state index in [1.807, 2.05) is 6.92 Å². The van der Waals surface area contributed by atoms with Crippen LogP contribution in [0.2, 0.25) is 0 Å². The largest absolute Gasteiger partial charge is 0.495 e. The molecule has 4 atom stereocenters. The first-order chi connectivity index (χ1) is 19.4. The predicted molar refractivity (Wildman–Crippen MR) is 158 cm³/mol. The van der Waals surface area contributed by atoms with Crippen LogP contribution in [0.1, 0.15) is 62.7 Å². The number of nitrogens with one attached hydrogen (secondary N) is 3. The number of fused-ring (bicyclic) bond motifs is 1. The third-order valence-electron chi connectivity index (χ3n) is 8.70. The van der Waals surface area contributed by atoms with Crippen molar-refractivity contribution in [1.29, 1.82) is 0 Å². The van der Waals surface area contributed by atoms with Crippen LogP contribution in [0, 0.1) is 5.92 Å². The van der Waals surface area contributed by atoms with Crippen LogP contribution in [0.5, 0.6) is 5.75 Å². The number of benzene rings is 1. The number of carbonyl (C=O) groups is 2. The summed E-state index contributed by atoms with van der Waals surface area (Å²) in [5.41, 5.74) is 1.87. The summed E-state index contributed by atoms with van der Waals surface area (Å²) in [5.74, 6) is 2.25. The van der Waals surface area contributed by atoms with Crippen molar-refractivity contribution in [3.63, 3.8) is 0 Å². The van der Waals surface area contributed by atoms with Gasteiger partial charge in [-0.1, -0.05) is 19.8 Å². The minimum atomic E-state index is -0.239. The Hall–Kier alpha value is -3.11. The molecule has 3 heterocycles. The van der Waals surface area contributed by atoms with Crippen molar-refractivity contribution in [2.75, 3.05) is 41.7 Å². The number of alkyl halides is 1. The lowest BCUT2D eigenvalue weighted by Gasteiger charge is -2.43. The molecular formula is C29H40ClN7O3. The molecule has 40 heavy (non-hydrogen) atoms. The number of aromatic nitrogens is 2. The molecule has 11 heteroatoms. The number of halogens is 1. The van der Waals surface area contributed by atoms with Gasteiger partial charge in [-0.05, 0) is 57.4 Å². The summed E-state index contributed by atoms with van der Waals surface area (Å²) in [7, 11) is 3.36. The highest BCUT2D eigenvalue weighted by atomic mass is 35.5. The zero-order chi connectivity index (χ0) is 28.4. The van der Waals surface area contributed by atoms with E-state index in [-0.39, 0.29) is 41.9 Å². The number of carbonyl (C=O) groups excluding carboxylic acids is 2. The van der Waals surface area contributed by atoms with Gasteiger partial charge in [0.05, 0.1) is 19.0 Å². The summed E-state index contributed by atoms with van der Waals surface area (Å²) >= 11 is 6.21. The van der Waals surface area contributed by atoms with Crippen LogP contribution in [0.3, 0.4) is 0 Å². The van der Waals surface area contributed by atoms with Crippen molar-refractivity contribution in [3.05, 3.63) is 30.0 Å². The van der Waals surface area contributed by atoms with Gasteiger partial charge in [0.2, 0.25) is 11.9 Å². The molecule has 5 rings (SSSR count). The van der Waals surface area contributed by atoms with Crippen molar-refractivity contribution in [2.24, 2.45) is 5.92 Å². The molecule has 1 saturated heterocycles. The van der Waals surface area contributed by atoms with E-state index in [1.54, 1.807) is 43.5 Å². The Kier molecular flexibility index (Phi) is 8.65. The molecule has 216 valence electrons. The number of rotatable bonds is 8. The van der Waals surface area contributed by atoms with E-state index >= 15 is 0 Å². The fourth-order valence-electron chi connectivity index (χ4n) is 6.35. The molecule has 0 spiro atoms. The Bertz CT molecular complexity index is 1240. The van der Waals surface area contributed by atoms with Crippen LogP contribution < -0.4 is 30.5 Å². The zero-order valence-corrected chi connectivity index (χ0v) is 24.5. The van der Waals surface area contributed by atoms with Gasteiger partial charge >= 0.3 is 0 Å². The number of anilines is 4. The highest BCUT2D eigenvalue weighted by Gasteiger charge is 2.41. The zero-order valence-electron chi connectivity index (χ0n) is 23.7. The van der Waals surface area contributed by atoms with Crippen LogP contribution in [0.25, 0.3) is 0 Å². The Balaban J connectivity index is 1.38. The van der Waals surface area contributed by atoms with Crippen molar-refractivity contribution in [3.8, 4) is 5.75 Å². The summed E-state index contributed by atoms with van der Waals surface area (Å²) < 4.78 is 5.65. The van der Waals surface area contributed by atoms with E-state index in [2.05, 4.69) is 32.8 Å². The molecule has 10 nitrogen and oxygen atoms in total. The van der Waals surface area contributed by atoms with Crippen LogP contribution in [-0.4, -0.2) is 72.5 Å². The highest BCUT2D eigenvalue weighted by molar-refractivity contribution is 6.18. The van der Waals surface area contributed by atoms with Crippen LogP contribution in [0.15, 0.2) is 24.4 Å². The van der Waals surface area contributed by atoms with E-state index in [4.69, 9.17) is 21.3 Å². The first-order valence-corrected chi connectivity index (χ1v) is 14.9. The van der Waals surface area contributed by atoms with E-state index < -0.39 is 0 Å². The average molecular weight is 570 g/mol. The number of hydrogen-bond acceptors (Lipinski definition) is 8. The molecule has 0 radical (unpaired) electrons. The Morgan fingerprint density at radius 1 is 1.25 bits per heavy atom. The third-order valence-corrected chi connectivity index (χ3v) is 9.05. The minimum Gasteiger partial charge on any atom is -0.495 e. The van der Waals surface area contributed by atoms with Gasteiger partial charge in [-0.25, -0.2) is 4.98 Å². The van der Waals surface area contributed by atoms with Crippen molar-refractivity contribution in [1.82, 2.24) is 20.6 Å². The topological polar surface area (TPSA) is 112 Å². The monoisotopic (exact) mass is 569 g/mol. The first-order valence-electron chi connectivity index (χ1n) is 14.3. The normalized spacial score (nSPS) is 25.1.